The van der Waals surface area contributed by atoms with Crippen molar-refractivity contribution in [1.29, 1.82) is 0 Å². The quantitative estimate of drug-likeness (QED) is 0.472. The van der Waals surface area contributed by atoms with Crippen molar-refractivity contribution in [3.05, 3.63) is 0 Å². The summed E-state index contributed by atoms with van der Waals surface area (Å²) in [4.78, 5) is 0. The first-order chi connectivity index (χ1) is 2.94. The van der Waals surface area contributed by atoms with E-state index in [1.807, 2.05) is 0 Å². The molecule has 0 rings (SSSR count). The number of hydrogen-bond donors (Lipinski definition) is 1. The Kier molecular flexibility index (Phi) is 5.15. The summed E-state index contributed by atoms with van der Waals surface area (Å²) in [6.07, 6.45) is 0. The molecule has 0 aliphatic carbocycles. The number of rotatable bonds is 1. The maximum atomic E-state index is 11.0. The van der Waals surface area contributed by atoms with E-state index in [0.29, 0.717) is 0 Å². The van der Waals surface area contributed by atoms with Gasteiger partial charge in [0.25, 0.3) is 0 Å². The summed E-state index contributed by atoms with van der Waals surface area (Å²) in [5.74, 6) is 0. The van der Waals surface area contributed by atoms with Gasteiger partial charge in [0, 0.05) is 19.5 Å². The maximum absolute atomic E-state index is 11.0. The summed E-state index contributed by atoms with van der Waals surface area (Å²) >= 11 is -3.35. The minimum Gasteiger partial charge on any atom is -0.302 e. The van der Waals surface area contributed by atoms with Crippen molar-refractivity contribution in [2.45, 2.75) is 5.73 Å². The first-order valence-corrected chi connectivity index (χ1v) is 2.04. The topological polar surface area (TPSA) is 37.3 Å². The van der Waals surface area contributed by atoms with E-state index in [-0.39, 0.29) is 19.5 Å². The summed E-state index contributed by atoms with van der Waals surface area (Å²) in [7, 11) is 0. The van der Waals surface area contributed by atoms with E-state index < -0.39 is 16.8 Å². The van der Waals surface area contributed by atoms with Crippen LogP contribution in [0.4, 0.5) is 8.78 Å². The molecule has 6 heteroatoms. The second kappa shape index (κ2) is 4.75. The molecule has 1 atom stereocenters. The van der Waals surface area contributed by atoms with E-state index in [2.05, 4.69) is 0 Å². The summed E-state index contributed by atoms with van der Waals surface area (Å²) in [5.41, 5.74) is -4.22. The molecule has 0 saturated heterocycles. The van der Waals surface area contributed by atoms with E-state index in [4.69, 9.17) is 5.92 Å². The molecule has 0 fully saturated rings. The van der Waals surface area contributed by atoms with Gasteiger partial charge in [-0.1, -0.05) is 0 Å². The van der Waals surface area contributed by atoms with Crippen LogP contribution in [0.3, 0.4) is 0 Å². The predicted molar refractivity (Wildman–Crippen MR) is 16.8 cm³/mol. The molecule has 0 saturated carbocycles. The van der Waals surface area contributed by atoms with E-state index >= 15 is 0 Å². The summed E-state index contributed by atoms with van der Waals surface area (Å²) in [6.45, 7) is 0. The number of hydrogen-bond acceptors (Lipinski definition) is 1. The normalized spacial score (nSPS) is 16.7. The van der Waals surface area contributed by atoms with Crippen LogP contribution in [0.1, 0.15) is 1.37 Å². The molecule has 7 heavy (non-hydrogen) atoms. The Morgan fingerprint density at radius 1 is 1.86 bits per heavy atom. The van der Waals surface area contributed by atoms with Crippen molar-refractivity contribution in [1.82, 2.24) is 0 Å². The average molecular weight is 182 g/mol. The maximum Gasteiger partial charge on any atom is 0.336 e. The van der Waals surface area contributed by atoms with Crippen molar-refractivity contribution < 1.29 is 38.4 Å². The Labute approximate surface area is 55.7 Å². The van der Waals surface area contributed by atoms with Crippen LogP contribution in [0.15, 0.2) is 0 Å². The molecule has 0 aromatic rings. The molecule has 0 heterocycles. The van der Waals surface area contributed by atoms with Crippen LogP contribution >= 0.6 is 0 Å². The molecular weight excluding hydrogens is 179 g/mol. The molecule has 1 unspecified atom stereocenters. The van der Waals surface area contributed by atoms with Crippen LogP contribution in [0.2, 0.25) is 0 Å². The summed E-state index contributed by atoms with van der Waals surface area (Å²) in [5, 5.41) is 0. The molecule has 40 valence electrons. The Balaban J connectivity index is 0. The average Bonchev–Trinajstić information content (AvgIpc) is 1.31. The van der Waals surface area contributed by atoms with Crippen LogP contribution in [-0.2, 0) is 30.6 Å². The minimum absolute atomic E-state index is 0. The third-order valence-electron chi connectivity index (χ3n) is 0.132. The Morgan fingerprint density at radius 2 is 2.00 bits per heavy atom. The van der Waals surface area contributed by atoms with Gasteiger partial charge in [-0.3, -0.25) is 0 Å². The first-order valence-electron chi connectivity index (χ1n) is 1.43. The van der Waals surface area contributed by atoms with Crippen molar-refractivity contribution in [3.63, 3.8) is 0 Å². The van der Waals surface area contributed by atoms with E-state index in [1.165, 1.54) is 0 Å². The fourth-order valence-corrected chi connectivity index (χ4v) is 0. The van der Waals surface area contributed by atoms with Gasteiger partial charge in [-0.05, 0) is 0 Å². The monoisotopic (exact) mass is 181 g/mol. The van der Waals surface area contributed by atoms with Gasteiger partial charge < -0.3 is 4.55 Å². The van der Waals surface area contributed by atoms with Crippen LogP contribution < -0.4 is 0 Å². The van der Waals surface area contributed by atoms with Gasteiger partial charge in [-0.15, -0.1) is 0 Å². The zero-order valence-corrected chi connectivity index (χ0v) is 7.01. The second-order valence-electron chi connectivity index (χ2n) is 0.475. The molecule has 0 aromatic heterocycles. The first kappa shape index (κ1) is 7.59. The fourth-order valence-electron chi connectivity index (χ4n) is 0. The van der Waals surface area contributed by atoms with Gasteiger partial charge in [0.1, 0.15) is 1.37 Å². The molecule has 0 aliphatic rings. The fraction of sp³-hybridized carbons (Fsp3) is 1.00. The van der Waals surface area contributed by atoms with Gasteiger partial charge >= 0.3 is 5.73 Å². The molecule has 1 N–H and O–H groups in total. The van der Waals surface area contributed by atoms with E-state index in [9.17, 15) is 13.0 Å². The molecule has 0 spiro atoms. The Hall–Kier alpha value is 0.593. The van der Waals surface area contributed by atoms with Crippen molar-refractivity contribution in [3.8, 4) is 0 Å². The van der Waals surface area contributed by atoms with Crippen molar-refractivity contribution >= 4 is 11.1 Å². The van der Waals surface area contributed by atoms with Crippen LogP contribution in [-0.4, -0.2) is 14.5 Å². The molecule has 0 aliphatic heterocycles. The third-order valence-corrected chi connectivity index (χ3v) is 0.396. The molecule has 0 radical (unpaired) electrons. The molecule has 0 bridgehead atoms. The number of halogens is 2. The third kappa shape index (κ3) is 6.59. The van der Waals surface area contributed by atoms with Crippen LogP contribution in [0.5, 0.6) is 0 Å². The summed E-state index contributed by atoms with van der Waals surface area (Å²) < 4.78 is 44.0. The predicted octanol–water partition coefficient (Wildman–Crippen LogP) is 0.428. The minimum atomic E-state index is -4.22. The second-order valence-corrected chi connectivity index (χ2v) is 1.28. The smallest absolute Gasteiger partial charge is 0.302 e. The largest absolute Gasteiger partial charge is 0.336 e. The van der Waals surface area contributed by atoms with Gasteiger partial charge in [0.15, 0.2) is 0 Å². The van der Waals surface area contributed by atoms with Gasteiger partial charge in [0.2, 0.25) is 11.1 Å². The molecular formula is CH2F2O2SZn. The SMILES string of the molecule is [2H]C(F)(F)S(=O)O.[Zn]. The van der Waals surface area contributed by atoms with Gasteiger partial charge in [0.05, 0.1) is 0 Å². The molecule has 2 nitrogen and oxygen atoms in total. The van der Waals surface area contributed by atoms with E-state index in [0.717, 1.165) is 0 Å². The Morgan fingerprint density at radius 3 is 2.00 bits per heavy atom. The van der Waals surface area contributed by atoms with Crippen LogP contribution in [0, 0.1) is 0 Å². The van der Waals surface area contributed by atoms with E-state index in [1.54, 1.807) is 0 Å². The zero-order valence-electron chi connectivity index (χ0n) is 4.23. The molecule has 0 amide bonds. The zero-order chi connectivity index (χ0) is 6.08. The van der Waals surface area contributed by atoms with Crippen molar-refractivity contribution in [2.75, 3.05) is 0 Å². The number of alkyl halides is 2. The Bertz CT molecular complexity index is 92.5. The van der Waals surface area contributed by atoms with Gasteiger partial charge in [-0.2, -0.15) is 8.78 Å². The van der Waals surface area contributed by atoms with Crippen molar-refractivity contribution in [2.24, 2.45) is 0 Å². The molecule has 0 aromatic carbocycles. The standard InChI is InChI=1S/CH2F2O2S.Zn/c2-1(3)6(4)5;/h1H,(H,4,5);/i1D;. The van der Waals surface area contributed by atoms with Gasteiger partial charge in [-0.25, -0.2) is 4.21 Å². The summed E-state index contributed by atoms with van der Waals surface area (Å²) in [6, 6.07) is 0. The van der Waals surface area contributed by atoms with Crippen LogP contribution in [0.25, 0.3) is 0 Å².